The number of urea groups is 1. The van der Waals surface area contributed by atoms with E-state index in [2.05, 4.69) is 15.6 Å². The average molecular weight is 455 g/mol. The standard InChI is InChI=1S/C23H23ClN4O4/c24-17-8-6-15(7-9-17)13-28-20(21(29)30)12-25-22(28)27-23(31)26-18-10-19(11-18)32-14-16-4-2-1-3-5-16/h1-9,12,18-19H,10-11,13-14H2,(H,29,30)(H2,25,26,27,31). The Morgan fingerprint density at radius 3 is 2.50 bits per heavy atom. The van der Waals surface area contributed by atoms with E-state index < -0.39 is 12.0 Å². The highest BCUT2D eigenvalue weighted by Gasteiger charge is 2.31. The van der Waals surface area contributed by atoms with E-state index in [4.69, 9.17) is 16.3 Å². The Morgan fingerprint density at radius 2 is 1.81 bits per heavy atom. The van der Waals surface area contributed by atoms with Crippen molar-refractivity contribution in [2.45, 2.75) is 38.1 Å². The summed E-state index contributed by atoms with van der Waals surface area (Å²) in [6, 6.07) is 16.5. The lowest BCUT2D eigenvalue weighted by Gasteiger charge is -2.35. The number of carbonyl (C=O) groups is 2. The zero-order valence-corrected chi connectivity index (χ0v) is 18.0. The Bertz CT molecular complexity index is 1080. The second-order valence-electron chi connectivity index (χ2n) is 7.67. The minimum Gasteiger partial charge on any atom is -0.477 e. The van der Waals surface area contributed by atoms with Crippen molar-refractivity contribution in [1.82, 2.24) is 14.9 Å². The van der Waals surface area contributed by atoms with Crippen molar-refractivity contribution in [3.63, 3.8) is 0 Å². The van der Waals surface area contributed by atoms with E-state index in [9.17, 15) is 14.7 Å². The van der Waals surface area contributed by atoms with Gasteiger partial charge in [0.25, 0.3) is 0 Å². The highest BCUT2D eigenvalue weighted by molar-refractivity contribution is 6.30. The number of halogens is 1. The number of nitrogens with zero attached hydrogens (tertiary/aromatic N) is 2. The Kier molecular flexibility index (Phi) is 6.72. The lowest BCUT2D eigenvalue weighted by Crippen LogP contribution is -2.49. The van der Waals surface area contributed by atoms with Crippen LogP contribution in [0.25, 0.3) is 0 Å². The Labute approximate surface area is 190 Å². The molecule has 1 saturated carbocycles. The van der Waals surface area contributed by atoms with Crippen LogP contribution in [0.2, 0.25) is 5.02 Å². The molecule has 1 heterocycles. The van der Waals surface area contributed by atoms with Crippen LogP contribution in [-0.4, -0.2) is 38.8 Å². The van der Waals surface area contributed by atoms with Gasteiger partial charge in [0.1, 0.15) is 5.69 Å². The van der Waals surface area contributed by atoms with Crippen molar-refractivity contribution < 1.29 is 19.4 Å². The van der Waals surface area contributed by atoms with Crippen LogP contribution in [0.3, 0.4) is 0 Å². The zero-order chi connectivity index (χ0) is 22.5. The van der Waals surface area contributed by atoms with E-state index in [0.717, 1.165) is 24.0 Å². The maximum absolute atomic E-state index is 12.4. The molecule has 1 fully saturated rings. The van der Waals surface area contributed by atoms with Gasteiger partial charge in [-0.3, -0.25) is 9.88 Å². The van der Waals surface area contributed by atoms with Crippen molar-refractivity contribution in [3.05, 3.63) is 82.6 Å². The van der Waals surface area contributed by atoms with Gasteiger partial charge in [-0.05, 0) is 36.1 Å². The maximum atomic E-state index is 12.4. The third-order valence-electron chi connectivity index (χ3n) is 5.31. The first kappa shape index (κ1) is 21.9. The van der Waals surface area contributed by atoms with Gasteiger partial charge in [-0.1, -0.05) is 54.1 Å². The predicted octanol–water partition coefficient (Wildman–Crippen LogP) is 4.15. The number of benzene rings is 2. The fourth-order valence-electron chi connectivity index (χ4n) is 3.51. The minimum atomic E-state index is -1.13. The Balaban J connectivity index is 1.30. The van der Waals surface area contributed by atoms with Crippen molar-refractivity contribution in [3.8, 4) is 0 Å². The smallest absolute Gasteiger partial charge is 0.354 e. The molecule has 1 aromatic heterocycles. The fraction of sp³-hybridized carbons (Fsp3) is 0.261. The van der Waals surface area contributed by atoms with Gasteiger partial charge in [0.05, 0.1) is 25.5 Å². The van der Waals surface area contributed by atoms with Crippen LogP contribution < -0.4 is 10.6 Å². The molecule has 8 nitrogen and oxygen atoms in total. The molecule has 9 heteroatoms. The summed E-state index contributed by atoms with van der Waals surface area (Å²) in [7, 11) is 0. The minimum absolute atomic E-state index is 0.00519. The van der Waals surface area contributed by atoms with E-state index in [-0.39, 0.29) is 30.3 Å². The SMILES string of the molecule is O=C(Nc1ncc(C(=O)O)n1Cc1ccc(Cl)cc1)NC1CC(OCc2ccccc2)C1. The molecule has 2 aromatic carbocycles. The molecule has 0 saturated heterocycles. The molecule has 2 amide bonds. The predicted molar refractivity (Wildman–Crippen MR) is 120 cm³/mol. The van der Waals surface area contributed by atoms with Gasteiger partial charge < -0.3 is 15.2 Å². The van der Waals surface area contributed by atoms with Crippen LogP contribution in [-0.2, 0) is 17.9 Å². The molecular weight excluding hydrogens is 432 g/mol. The molecule has 166 valence electrons. The third kappa shape index (κ3) is 5.46. The number of imidazole rings is 1. The molecular formula is C23H23ClN4O4. The van der Waals surface area contributed by atoms with Gasteiger partial charge in [0, 0.05) is 11.1 Å². The third-order valence-corrected chi connectivity index (χ3v) is 5.56. The number of carboxylic acids is 1. The first-order valence-electron chi connectivity index (χ1n) is 10.2. The summed E-state index contributed by atoms with van der Waals surface area (Å²) in [5, 5.41) is 15.6. The van der Waals surface area contributed by atoms with Crippen molar-refractivity contribution in [1.29, 1.82) is 0 Å². The molecule has 0 spiro atoms. The van der Waals surface area contributed by atoms with Crippen LogP contribution >= 0.6 is 11.6 Å². The second-order valence-corrected chi connectivity index (χ2v) is 8.11. The summed E-state index contributed by atoms with van der Waals surface area (Å²) in [4.78, 5) is 28.1. The zero-order valence-electron chi connectivity index (χ0n) is 17.2. The van der Waals surface area contributed by atoms with Crippen LogP contribution in [0.15, 0.2) is 60.8 Å². The molecule has 0 unspecified atom stereocenters. The van der Waals surface area contributed by atoms with Gasteiger partial charge in [-0.25, -0.2) is 14.6 Å². The number of nitrogens with one attached hydrogen (secondary N) is 2. The highest BCUT2D eigenvalue weighted by atomic mass is 35.5. The number of ether oxygens (including phenoxy) is 1. The number of anilines is 1. The number of carboxylic acid groups (broad SMARTS) is 1. The van der Waals surface area contributed by atoms with Crippen molar-refractivity contribution in [2.24, 2.45) is 0 Å². The summed E-state index contributed by atoms with van der Waals surface area (Å²) in [5.74, 6) is -0.969. The molecule has 3 N–H and O–H groups in total. The first-order valence-corrected chi connectivity index (χ1v) is 10.6. The largest absolute Gasteiger partial charge is 0.477 e. The number of hydrogen-bond acceptors (Lipinski definition) is 4. The van der Waals surface area contributed by atoms with Crippen LogP contribution in [0.1, 0.15) is 34.5 Å². The quantitative estimate of drug-likeness (QED) is 0.474. The van der Waals surface area contributed by atoms with Crippen LogP contribution in [0.4, 0.5) is 10.7 Å². The normalized spacial score (nSPS) is 17.4. The van der Waals surface area contributed by atoms with Crippen molar-refractivity contribution in [2.75, 3.05) is 5.32 Å². The monoisotopic (exact) mass is 454 g/mol. The fourth-order valence-corrected chi connectivity index (χ4v) is 3.64. The molecule has 4 rings (SSSR count). The number of carbonyl (C=O) groups excluding carboxylic acids is 1. The van der Waals surface area contributed by atoms with E-state index >= 15 is 0 Å². The first-order chi connectivity index (χ1) is 15.5. The highest BCUT2D eigenvalue weighted by Crippen LogP contribution is 2.25. The number of hydrogen-bond donors (Lipinski definition) is 3. The number of aromatic carboxylic acids is 1. The van der Waals surface area contributed by atoms with Gasteiger partial charge >= 0.3 is 12.0 Å². The molecule has 0 radical (unpaired) electrons. The van der Waals surface area contributed by atoms with E-state index in [1.54, 1.807) is 24.3 Å². The van der Waals surface area contributed by atoms with E-state index in [1.807, 2.05) is 30.3 Å². The molecule has 32 heavy (non-hydrogen) atoms. The summed E-state index contributed by atoms with van der Waals surface area (Å²) >= 11 is 5.92. The Morgan fingerprint density at radius 1 is 1.09 bits per heavy atom. The molecule has 3 aromatic rings. The molecule has 0 aliphatic heterocycles. The number of amides is 2. The van der Waals surface area contributed by atoms with Gasteiger partial charge in [0.2, 0.25) is 5.95 Å². The van der Waals surface area contributed by atoms with Gasteiger partial charge in [-0.2, -0.15) is 0 Å². The number of rotatable bonds is 8. The molecule has 1 aliphatic rings. The second kappa shape index (κ2) is 9.84. The van der Waals surface area contributed by atoms with Crippen LogP contribution in [0.5, 0.6) is 0 Å². The molecule has 1 aliphatic carbocycles. The summed E-state index contributed by atoms with van der Waals surface area (Å²) < 4.78 is 7.30. The molecule has 0 atom stereocenters. The lowest BCUT2D eigenvalue weighted by atomic mass is 9.89. The van der Waals surface area contributed by atoms with Gasteiger partial charge in [0.15, 0.2) is 0 Å². The number of aromatic nitrogens is 2. The van der Waals surface area contributed by atoms with E-state index in [1.165, 1.54) is 10.8 Å². The lowest BCUT2D eigenvalue weighted by molar-refractivity contribution is -0.0237. The van der Waals surface area contributed by atoms with Crippen LogP contribution in [0, 0.1) is 0 Å². The summed E-state index contributed by atoms with van der Waals surface area (Å²) in [6.45, 7) is 0.776. The van der Waals surface area contributed by atoms with Crippen molar-refractivity contribution >= 4 is 29.5 Å². The molecule has 0 bridgehead atoms. The van der Waals surface area contributed by atoms with Gasteiger partial charge in [-0.15, -0.1) is 0 Å². The van der Waals surface area contributed by atoms with E-state index in [0.29, 0.717) is 11.6 Å². The Hall–Kier alpha value is -3.36. The summed E-state index contributed by atoms with van der Waals surface area (Å²) in [5.41, 5.74) is 1.92. The summed E-state index contributed by atoms with van der Waals surface area (Å²) in [6.07, 6.45) is 2.77. The maximum Gasteiger partial charge on any atom is 0.354 e. The average Bonchev–Trinajstić information content (AvgIpc) is 3.14. The topological polar surface area (TPSA) is 105 Å².